The number of hydrogen-bond donors (Lipinski definition) is 0. The van der Waals surface area contributed by atoms with E-state index in [-0.39, 0.29) is 0 Å². The van der Waals surface area contributed by atoms with Crippen LogP contribution in [0.2, 0.25) is 0 Å². The normalized spacial score (nSPS) is 14.5. The van der Waals surface area contributed by atoms with E-state index in [4.69, 9.17) is 0 Å². The van der Waals surface area contributed by atoms with Gasteiger partial charge in [0.2, 0.25) is 0 Å². The van der Waals surface area contributed by atoms with Crippen LogP contribution in [0.5, 0.6) is 0 Å². The van der Waals surface area contributed by atoms with Gasteiger partial charge in [0.15, 0.2) is 0 Å². The van der Waals surface area contributed by atoms with Gasteiger partial charge in [0.05, 0.1) is 61.3 Å². The highest BCUT2D eigenvalue weighted by atomic mass is 15.2. The first kappa shape index (κ1) is 77.4. The second kappa shape index (κ2) is 29.6. The van der Waals surface area contributed by atoms with Crippen LogP contribution in [0.25, 0.3) is 131 Å². The van der Waals surface area contributed by atoms with E-state index < -0.39 is 10.8 Å². The number of fused-ring (bicyclic) bond motifs is 32. The molecule has 4 heterocycles. The van der Waals surface area contributed by atoms with E-state index in [9.17, 15) is 0 Å². The zero-order valence-electron chi connectivity index (χ0n) is 75.6. The molecule has 638 valence electrons. The van der Waals surface area contributed by atoms with Crippen LogP contribution >= 0.6 is 0 Å². The fourth-order valence-corrected chi connectivity index (χ4v) is 24.8. The number of aryl methyl sites for hydroxylation is 4. The fourth-order valence-electron chi connectivity index (χ4n) is 24.8. The van der Waals surface area contributed by atoms with Crippen LogP contribution < -0.4 is 19.6 Å². The molecule has 2 atom stereocenters. The number of rotatable bonds is 13. The predicted octanol–water partition coefficient (Wildman–Crippen LogP) is 34.6. The summed E-state index contributed by atoms with van der Waals surface area (Å²) in [7, 11) is 0. The summed E-state index contributed by atoms with van der Waals surface area (Å²) in [6.07, 6.45) is 0. The Balaban J connectivity index is 0.712. The first-order valence-corrected chi connectivity index (χ1v) is 47.4. The van der Waals surface area contributed by atoms with Crippen molar-refractivity contribution in [1.29, 1.82) is 0 Å². The quantitative estimate of drug-likeness (QED) is 0.107. The molecule has 2 aromatic heterocycles. The second-order valence-corrected chi connectivity index (χ2v) is 37.5. The van der Waals surface area contributed by atoms with Gasteiger partial charge >= 0.3 is 0 Å². The molecule has 2 unspecified atom stereocenters. The Morgan fingerprint density at radius 2 is 0.588 bits per heavy atom. The minimum Gasteiger partial charge on any atom is -0.310 e. The zero-order valence-corrected chi connectivity index (χ0v) is 75.6. The maximum absolute atomic E-state index is 2.64. The highest BCUT2D eigenvalue weighted by Gasteiger charge is 2.55. The lowest BCUT2D eigenvalue weighted by Crippen LogP contribution is -2.34. The van der Waals surface area contributed by atoms with Crippen molar-refractivity contribution in [1.82, 2.24) is 9.13 Å². The molecule has 2 aliphatic carbocycles. The molecule has 4 aliphatic rings. The summed E-state index contributed by atoms with van der Waals surface area (Å²) in [5.74, 6) is 0. The molecule has 6 nitrogen and oxygen atoms in total. The van der Waals surface area contributed by atoms with E-state index in [1.54, 1.807) is 0 Å². The summed E-state index contributed by atoms with van der Waals surface area (Å²) >= 11 is 0. The standard InChI is InChI=1S/C130H88N6/c1-81-35-31-47-92(73-81)132(89-41-11-6-12-42-89)120-79-112-125(100-53-22-20-50-97(100)120)126-113(130(112)107-57-25-30-64-119(107)135-116-62-28-23-51-98(116)101-54-33-59-109(130)127(101)135)80-122(133(90-43-13-7-14-44-90)93-48-32-36-82(2)74-93)104-70-66-87-75-85(65-69-95(87)124(104)126)86-67-72-117-105(76-86)102-55-34-58-108-128(102)136(117)118-63-29-24-56-106(118)129(108)110-77-94(131(88-39-9-5-10-40-88)114-60-26-17-37-83(114)3)68-71-103(110)123-99-52-21-19-49-96(99)121(78-111(123)129)134(91-45-15-8-16-46-91)115-61-27-18-38-84(115)4/h5-80H,1-4H3. The van der Waals surface area contributed by atoms with E-state index in [1.165, 1.54) is 160 Å². The van der Waals surface area contributed by atoms with Gasteiger partial charge in [-0.25, -0.2) is 0 Å². The summed E-state index contributed by atoms with van der Waals surface area (Å²) in [4.78, 5) is 10.1. The van der Waals surface area contributed by atoms with Crippen molar-refractivity contribution in [2.45, 2.75) is 38.5 Å². The van der Waals surface area contributed by atoms with Crippen LogP contribution in [-0.2, 0) is 10.8 Å². The Bertz CT molecular complexity index is 9200. The van der Waals surface area contributed by atoms with Crippen molar-refractivity contribution in [3.05, 3.63) is 528 Å². The van der Waals surface area contributed by atoms with Gasteiger partial charge in [-0.1, -0.05) is 309 Å². The Labute approximate surface area is 789 Å². The smallest absolute Gasteiger partial charge is 0.0756 e. The van der Waals surface area contributed by atoms with E-state index in [0.717, 1.165) is 107 Å². The lowest BCUT2D eigenvalue weighted by atomic mass is 9.65. The highest BCUT2D eigenvalue weighted by molar-refractivity contribution is 6.27. The topological polar surface area (TPSA) is 22.8 Å². The monoisotopic (exact) mass is 1730 g/mol. The lowest BCUT2D eigenvalue weighted by molar-refractivity contribution is 0.749. The zero-order chi connectivity index (χ0) is 89.9. The fraction of sp³-hybridized carbons (Fsp3) is 0.0462. The van der Waals surface area contributed by atoms with Gasteiger partial charge in [0.25, 0.3) is 0 Å². The van der Waals surface area contributed by atoms with Crippen LogP contribution in [0, 0.1) is 27.7 Å². The van der Waals surface area contributed by atoms with Gasteiger partial charge in [0.1, 0.15) is 0 Å². The summed E-state index contributed by atoms with van der Waals surface area (Å²) < 4.78 is 5.20. The Morgan fingerprint density at radius 3 is 1.16 bits per heavy atom. The van der Waals surface area contributed by atoms with Crippen molar-refractivity contribution >= 4 is 155 Å². The lowest BCUT2D eigenvalue weighted by Gasteiger charge is -2.40. The number of aromatic nitrogens is 2. The third-order valence-electron chi connectivity index (χ3n) is 30.3. The van der Waals surface area contributed by atoms with Crippen LogP contribution in [-0.4, -0.2) is 9.13 Å². The molecule has 6 heteroatoms. The molecule has 0 saturated heterocycles. The molecule has 136 heavy (non-hydrogen) atoms. The Hall–Kier alpha value is -17.3. The van der Waals surface area contributed by atoms with E-state index in [0.29, 0.717) is 0 Å². The molecule has 0 radical (unpaired) electrons. The van der Waals surface area contributed by atoms with Gasteiger partial charge < -0.3 is 28.7 Å². The SMILES string of the molecule is Cc1cccc(N(c2ccccc2)c2cc3c(c4ccccc24)-c2c(cc(N(c4ccccc4)c4cccc(C)c4)c4ccc5cc(-c6ccc7c(c6)c6cccc8c6n7-c6ccccc6C86c7cc(N(c8ccccc8)c8ccccc8C)ccc7-c7c6cc(N(c6ccccc6)c6ccccc6C)c6ccccc76)ccc5c24)C32c3ccccc3-n3c4ccccc4c4cccc2c43)c1. The third kappa shape index (κ3) is 10.8. The van der Waals surface area contributed by atoms with Crippen molar-refractivity contribution in [2.75, 3.05) is 19.6 Å². The van der Waals surface area contributed by atoms with E-state index in [1.807, 2.05) is 0 Å². The highest BCUT2D eigenvalue weighted by Crippen LogP contribution is 2.69. The predicted molar refractivity (Wildman–Crippen MR) is 570 cm³/mol. The van der Waals surface area contributed by atoms with Gasteiger partial charge in [-0.15, -0.1) is 0 Å². The van der Waals surface area contributed by atoms with Crippen molar-refractivity contribution in [3.63, 3.8) is 0 Å². The minimum absolute atomic E-state index is 0.864. The second-order valence-electron chi connectivity index (χ2n) is 37.5. The molecular formula is C130H88N6. The van der Waals surface area contributed by atoms with Crippen LogP contribution in [0.15, 0.2) is 461 Å². The molecule has 28 rings (SSSR count). The number of nitrogens with zero attached hydrogens (tertiary/aromatic N) is 6. The number of anilines is 12. The molecule has 0 bridgehead atoms. The van der Waals surface area contributed by atoms with Gasteiger partial charge in [0, 0.05) is 88.9 Å². The number of para-hydroxylation sites is 11. The van der Waals surface area contributed by atoms with Crippen molar-refractivity contribution < 1.29 is 0 Å². The average Bonchev–Trinajstić information content (AvgIpc) is 1.49. The molecule has 24 aromatic rings. The van der Waals surface area contributed by atoms with E-state index >= 15 is 0 Å². The average molecular weight is 1730 g/mol. The van der Waals surface area contributed by atoms with Gasteiger partial charge in [-0.3, -0.25) is 0 Å². The molecule has 0 fully saturated rings. The maximum Gasteiger partial charge on any atom is 0.0756 e. The largest absolute Gasteiger partial charge is 0.310 e. The van der Waals surface area contributed by atoms with Crippen molar-refractivity contribution in [2.24, 2.45) is 0 Å². The van der Waals surface area contributed by atoms with Gasteiger partial charge in [-0.2, -0.15) is 0 Å². The molecule has 2 spiro atoms. The van der Waals surface area contributed by atoms with Crippen LogP contribution in [0.1, 0.15) is 66.8 Å². The summed E-state index contributed by atoms with van der Waals surface area (Å²) in [6, 6.07) is 176. The molecule has 2 aliphatic heterocycles. The Morgan fingerprint density at radius 1 is 0.199 bits per heavy atom. The first-order valence-electron chi connectivity index (χ1n) is 47.4. The summed E-state index contributed by atoms with van der Waals surface area (Å²) in [6.45, 7) is 8.92. The van der Waals surface area contributed by atoms with Crippen molar-refractivity contribution in [3.8, 4) is 44.8 Å². The molecule has 0 N–H and O–H groups in total. The van der Waals surface area contributed by atoms with E-state index in [2.05, 4.69) is 517 Å². The van der Waals surface area contributed by atoms with Crippen LogP contribution in [0.4, 0.5) is 68.2 Å². The number of benzene rings is 22. The summed E-state index contributed by atoms with van der Waals surface area (Å²) in [5.41, 5.74) is 40.5. The molecule has 0 saturated carbocycles. The van der Waals surface area contributed by atoms with Gasteiger partial charge in [-0.05, 0) is 306 Å². The first-order chi connectivity index (χ1) is 67.2. The Kier molecular flexibility index (Phi) is 16.9. The molecular weight excluding hydrogens is 1650 g/mol. The third-order valence-corrected chi connectivity index (χ3v) is 30.3. The molecule has 22 aromatic carbocycles. The number of hydrogen-bond acceptors (Lipinski definition) is 4. The summed E-state index contributed by atoms with van der Waals surface area (Å²) in [5, 5.41) is 14.3. The van der Waals surface area contributed by atoms with Crippen LogP contribution in [0.3, 0.4) is 0 Å². The minimum atomic E-state index is -0.921. The molecule has 0 amide bonds. The maximum atomic E-state index is 2.64.